The number of nitrogens with zero attached hydrogens (tertiary/aromatic N) is 3. The minimum absolute atomic E-state index is 0.453. The van der Waals surface area contributed by atoms with E-state index in [0.717, 1.165) is 40.8 Å². The normalized spacial score (nSPS) is 20.6. The zero-order chi connectivity index (χ0) is 18.1. The van der Waals surface area contributed by atoms with Crippen molar-refractivity contribution in [3.63, 3.8) is 0 Å². The highest BCUT2D eigenvalue weighted by Gasteiger charge is 2.22. The molecule has 3 heterocycles. The Hall–Kier alpha value is -2.11. The summed E-state index contributed by atoms with van der Waals surface area (Å²) in [5.41, 5.74) is 3.03. The molecule has 5 nitrogen and oxygen atoms in total. The minimum atomic E-state index is 0.453. The van der Waals surface area contributed by atoms with E-state index >= 15 is 0 Å². The highest BCUT2D eigenvalue weighted by molar-refractivity contribution is 6.29. The Balaban J connectivity index is 1.56. The molecule has 0 spiro atoms. The van der Waals surface area contributed by atoms with E-state index in [2.05, 4.69) is 51.4 Å². The Morgan fingerprint density at radius 3 is 2.77 bits per heavy atom. The van der Waals surface area contributed by atoms with Crippen molar-refractivity contribution in [2.75, 3.05) is 19.4 Å². The van der Waals surface area contributed by atoms with Crippen LogP contribution in [0.3, 0.4) is 0 Å². The van der Waals surface area contributed by atoms with E-state index in [4.69, 9.17) is 11.6 Å². The molecular formula is C20H24ClN5. The second-order valence-electron chi connectivity index (χ2n) is 7.28. The number of hydrogen-bond donors (Lipinski definition) is 2. The van der Waals surface area contributed by atoms with Gasteiger partial charge in [0, 0.05) is 35.4 Å². The van der Waals surface area contributed by atoms with Crippen LogP contribution in [0.4, 0.5) is 5.82 Å². The first kappa shape index (κ1) is 17.3. The number of rotatable bonds is 4. The van der Waals surface area contributed by atoms with Crippen LogP contribution in [0.1, 0.15) is 25.7 Å². The van der Waals surface area contributed by atoms with Crippen LogP contribution in [0.25, 0.3) is 22.2 Å². The summed E-state index contributed by atoms with van der Waals surface area (Å²) < 4.78 is 0. The van der Waals surface area contributed by atoms with E-state index in [-0.39, 0.29) is 0 Å². The van der Waals surface area contributed by atoms with Crippen molar-refractivity contribution in [2.24, 2.45) is 0 Å². The number of aromatic nitrogens is 3. The fraction of sp³-hybridized carbons (Fsp3) is 0.400. The fourth-order valence-electron chi connectivity index (χ4n) is 3.87. The van der Waals surface area contributed by atoms with Crippen LogP contribution in [0.5, 0.6) is 0 Å². The minimum Gasteiger partial charge on any atom is -0.367 e. The van der Waals surface area contributed by atoms with Gasteiger partial charge >= 0.3 is 0 Å². The van der Waals surface area contributed by atoms with E-state index in [1.807, 2.05) is 18.3 Å². The number of anilines is 1. The summed E-state index contributed by atoms with van der Waals surface area (Å²) in [4.78, 5) is 14.4. The third kappa shape index (κ3) is 3.55. The molecule has 3 aromatic rings. The molecule has 0 amide bonds. The lowest BCUT2D eigenvalue weighted by Crippen LogP contribution is -2.36. The van der Waals surface area contributed by atoms with Crippen molar-refractivity contribution >= 4 is 28.5 Å². The summed E-state index contributed by atoms with van der Waals surface area (Å²) in [6.45, 7) is 0. The molecule has 0 bridgehead atoms. The molecule has 1 fully saturated rings. The largest absolute Gasteiger partial charge is 0.367 e. The Morgan fingerprint density at radius 1 is 1.19 bits per heavy atom. The first-order valence-corrected chi connectivity index (χ1v) is 9.51. The molecule has 136 valence electrons. The van der Waals surface area contributed by atoms with E-state index in [1.165, 1.54) is 12.8 Å². The van der Waals surface area contributed by atoms with E-state index in [9.17, 15) is 0 Å². The van der Waals surface area contributed by atoms with Crippen molar-refractivity contribution in [1.29, 1.82) is 0 Å². The Bertz CT molecular complexity index is 896. The number of hydrogen-bond acceptors (Lipinski definition) is 4. The van der Waals surface area contributed by atoms with Crippen LogP contribution in [0, 0.1) is 0 Å². The van der Waals surface area contributed by atoms with Crippen molar-refractivity contribution in [3.05, 3.63) is 41.8 Å². The first-order chi connectivity index (χ1) is 12.6. The molecule has 0 radical (unpaired) electrons. The lowest BCUT2D eigenvalue weighted by atomic mass is 9.90. The maximum absolute atomic E-state index is 6.32. The SMILES string of the molecule is CN(C)C1CCC(Nc2cc(-c3c[nH]c4ncccc34)cc(Cl)n2)CC1. The average Bonchev–Trinajstić information content (AvgIpc) is 3.06. The van der Waals surface area contributed by atoms with Crippen molar-refractivity contribution in [3.8, 4) is 11.1 Å². The van der Waals surface area contributed by atoms with Gasteiger partial charge in [-0.2, -0.15) is 0 Å². The van der Waals surface area contributed by atoms with Crippen LogP contribution in [-0.2, 0) is 0 Å². The monoisotopic (exact) mass is 369 g/mol. The molecule has 26 heavy (non-hydrogen) atoms. The number of halogens is 1. The molecule has 0 unspecified atom stereocenters. The van der Waals surface area contributed by atoms with E-state index in [1.54, 1.807) is 6.20 Å². The molecule has 0 saturated heterocycles. The fourth-order valence-corrected chi connectivity index (χ4v) is 4.08. The highest BCUT2D eigenvalue weighted by Crippen LogP contribution is 2.31. The zero-order valence-electron chi connectivity index (χ0n) is 15.2. The topological polar surface area (TPSA) is 56.8 Å². The van der Waals surface area contributed by atoms with Gasteiger partial charge in [-0.1, -0.05) is 11.6 Å². The Kier molecular flexibility index (Phi) is 4.83. The van der Waals surface area contributed by atoms with Crippen molar-refractivity contribution in [1.82, 2.24) is 19.9 Å². The van der Waals surface area contributed by atoms with Gasteiger partial charge in [0.05, 0.1) is 0 Å². The van der Waals surface area contributed by atoms with Crippen LogP contribution >= 0.6 is 11.6 Å². The molecule has 2 N–H and O–H groups in total. The van der Waals surface area contributed by atoms with E-state index < -0.39 is 0 Å². The summed E-state index contributed by atoms with van der Waals surface area (Å²) in [7, 11) is 4.33. The third-order valence-electron chi connectivity index (χ3n) is 5.34. The van der Waals surface area contributed by atoms with Gasteiger partial charge in [0.1, 0.15) is 16.6 Å². The highest BCUT2D eigenvalue weighted by atomic mass is 35.5. The van der Waals surface area contributed by atoms with Crippen LogP contribution < -0.4 is 5.32 Å². The molecular weight excluding hydrogens is 346 g/mol. The Morgan fingerprint density at radius 2 is 2.00 bits per heavy atom. The molecule has 1 aliphatic rings. The van der Waals surface area contributed by atoms with Gasteiger partial charge in [-0.15, -0.1) is 0 Å². The second kappa shape index (κ2) is 7.25. The number of nitrogens with one attached hydrogen (secondary N) is 2. The lowest BCUT2D eigenvalue weighted by Gasteiger charge is -2.33. The predicted octanol–water partition coefficient (Wildman–Crippen LogP) is 4.56. The third-order valence-corrected chi connectivity index (χ3v) is 5.53. The lowest BCUT2D eigenvalue weighted by molar-refractivity contribution is 0.221. The molecule has 1 aliphatic carbocycles. The number of H-pyrrole nitrogens is 1. The number of pyridine rings is 2. The molecule has 0 aliphatic heterocycles. The summed E-state index contributed by atoms with van der Waals surface area (Å²) >= 11 is 6.32. The van der Waals surface area contributed by atoms with Crippen LogP contribution in [-0.4, -0.2) is 46.0 Å². The summed E-state index contributed by atoms with van der Waals surface area (Å²) in [6.07, 6.45) is 8.51. The second-order valence-corrected chi connectivity index (χ2v) is 7.67. The molecule has 0 atom stereocenters. The quantitative estimate of drug-likeness (QED) is 0.662. The standard InChI is InChI=1S/C20H24ClN5/c1-26(2)15-7-5-14(6-8-15)24-19-11-13(10-18(21)25-19)17-12-23-20-16(17)4-3-9-22-20/h3-4,9-12,14-15H,5-8H2,1-2H3,(H,22,23)(H,24,25). The predicted molar refractivity (Wildman–Crippen MR) is 108 cm³/mol. The molecule has 0 aromatic carbocycles. The van der Waals surface area contributed by atoms with Gasteiger partial charge in [-0.25, -0.2) is 9.97 Å². The van der Waals surface area contributed by atoms with Crippen LogP contribution in [0.15, 0.2) is 36.7 Å². The summed E-state index contributed by atoms with van der Waals surface area (Å²) in [6, 6.07) is 9.15. The molecule has 1 saturated carbocycles. The van der Waals surface area contributed by atoms with Crippen molar-refractivity contribution < 1.29 is 0 Å². The number of aromatic amines is 1. The van der Waals surface area contributed by atoms with Crippen molar-refractivity contribution in [2.45, 2.75) is 37.8 Å². The molecule has 4 rings (SSSR count). The summed E-state index contributed by atoms with van der Waals surface area (Å²) in [5, 5.41) is 5.19. The Labute approximate surface area is 158 Å². The van der Waals surface area contributed by atoms with Gasteiger partial charge < -0.3 is 15.2 Å². The maximum atomic E-state index is 6.32. The van der Waals surface area contributed by atoms with Gasteiger partial charge in [0.15, 0.2) is 0 Å². The first-order valence-electron chi connectivity index (χ1n) is 9.13. The van der Waals surface area contributed by atoms with Gasteiger partial charge in [0.25, 0.3) is 0 Å². The smallest absolute Gasteiger partial charge is 0.137 e. The number of fused-ring (bicyclic) bond motifs is 1. The molecule has 6 heteroatoms. The van der Waals surface area contributed by atoms with Gasteiger partial charge in [-0.3, -0.25) is 0 Å². The summed E-state index contributed by atoms with van der Waals surface area (Å²) in [5.74, 6) is 0.846. The maximum Gasteiger partial charge on any atom is 0.137 e. The van der Waals surface area contributed by atoms with Gasteiger partial charge in [0.2, 0.25) is 0 Å². The van der Waals surface area contributed by atoms with Gasteiger partial charge in [-0.05, 0) is 69.6 Å². The van der Waals surface area contributed by atoms with E-state index in [0.29, 0.717) is 17.2 Å². The zero-order valence-corrected chi connectivity index (χ0v) is 15.9. The van der Waals surface area contributed by atoms with Crippen LogP contribution in [0.2, 0.25) is 5.15 Å². The molecule has 3 aromatic heterocycles. The average molecular weight is 370 g/mol.